The Hall–Kier alpha value is -2.83. The molecule has 7 heteroatoms. The number of amides is 1. The first kappa shape index (κ1) is 20.5. The molecule has 0 aliphatic carbocycles. The molecule has 0 unspecified atom stereocenters. The van der Waals surface area contributed by atoms with Crippen molar-refractivity contribution in [3.63, 3.8) is 0 Å². The van der Waals surface area contributed by atoms with Crippen LogP contribution in [0.25, 0.3) is 0 Å². The molecule has 0 aliphatic heterocycles. The van der Waals surface area contributed by atoms with E-state index < -0.39 is 12.5 Å². The third kappa shape index (κ3) is 5.84. The van der Waals surface area contributed by atoms with Gasteiger partial charge in [-0.25, -0.2) is 0 Å². The fraction of sp³-hybridized carbons (Fsp3) is 0.350. The number of carbonyl (C=O) groups is 1. The minimum absolute atomic E-state index is 0.144. The lowest BCUT2D eigenvalue weighted by Gasteiger charge is -2.14. The summed E-state index contributed by atoms with van der Waals surface area (Å²) >= 11 is 0. The van der Waals surface area contributed by atoms with Crippen LogP contribution in [0.5, 0.6) is 17.2 Å². The quantitative estimate of drug-likeness (QED) is 0.719. The third-order valence-electron chi connectivity index (χ3n) is 3.90. The predicted molar refractivity (Wildman–Crippen MR) is 99.0 cm³/mol. The van der Waals surface area contributed by atoms with Crippen molar-refractivity contribution in [2.24, 2.45) is 0 Å². The molecule has 0 spiro atoms. The topological polar surface area (TPSA) is 56.8 Å². The van der Waals surface area contributed by atoms with Crippen LogP contribution in [0.3, 0.4) is 0 Å². The Labute approximate surface area is 157 Å². The number of carbonyl (C=O) groups excluding carboxylic acids is 1. The molecule has 0 aliphatic rings. The van der Waals surface area contributed by atoms with E-state index in [1.807, 2.05) is 25.1 Å². The first-order valence-electron chi connectivity index (χ1n) is 8.46. The molecule has 1 N–H and O–H groups in total. The van der Waals surface area contributed by atoms with Crippen molar-refractivity contribution in [2.45, 2.75) is 33.3 Å². The smallest absolute Gasteiger partial charge is 0.387 e. The van der Waals surface area contributed by atoms with Crippen molar-refractivity contribution in [3.05, 3.63) is 47.5 Å². The summed E-state index contributed by atoms with van der Waals surface area (Å²) in [5.74, 6) is 0.539. The monoisotopic (exact) mass is 379 g/mol. The number of ether oxygens (including phenoxy) is 3. The van der Waals surface area contributed by atoms with E-state index in [0.29, 0.717) is 17.4 Å². The van der Waals surface area contributed by atoms with E-state index in [1.165, 1.54) is 25.3 Å². The van der Waals surface area contributed by atoms with Crippen LogP contribution in [0, 0.1) is 6.92 Å². The van der Waals surface area contributed by atoms with E-state index in [9.17, 15) is 13.6 Å². The number of benzene rings is 2. The molecule has 5 nitrogen and oxygen atoms in total. The van der Waals surface area contributed by atoms with Crippen molar-refractivity contribution in [1.29, 1.82) is 0 Å². The Kier molecular flexibility index (Phi) is 6.98. The molecule has 2 aromatic rings. The molecule has 27 heavy (non-hydrogen) atoms. The molecule has 0 heterocycles. The molecular weight excluding hydrogens is 356 g/mol. The van der Waals surface area contributed by atoms with Gasteiger partial charge in [-0.15, -0.1) is 0 Å². The summed E-state index contributed by atoms with van der Waals surface area (Å²) < 4.78 is 39.9. The number of hydrogen-bond acceptors (Lipinski definition) is 4. The lowest BCUT2D eigenvalue weighted by molar-refractivity contribution is -0.118. The number of anilines is 1. The van der Waals surface area contributed by atoms with Gasteiger partial charge in [0.1, 0.15) is 5.75 Å². The molecule has 146 valence electrons. The van der Waals surface area contributed by atoms with Crippen LogP contribution in [0.1, 0.15) is 30.9 Å². The largest absolute Gasteiger partial charge is 0.493 e. The number of nitrogens with one attached hydrogen (secondary N) is 1. The normalized spacial score (nSPS) is 10.8. The van der Waals surface area contributed by atoms with Crippen LogP contribution in [0.2, 0.25) is 0 Å². The minimum atomic E-state index is -3.00. The van der Waals surface area contributed by atoms with Crippen LogP contribution < -0.4 is 19.5 Å². The Balaban J connectivity index is 2.03. The molecule has 1 amide bonds. The zero-order valence-electron chi connectivity index (χ0n) is 15.7. The molecule has 0 saturated carbocycles. The van der Waals surface area contributed by atoms with Gasteiger partial charge in [-0.1, -0.05) is 26.0 Å². The summed E-state index contributed by atoms with van der Waals surface area (Å²) in [6.07, 6.45) is 0. The van der Waals surface area contributed by atoms with Crippen LogP contribution in [0.15, 0.2) is 36.4 Å². The highest BCUT2D eigenvalue weighted by Gasteiger charge is 2.13. The Morgan fingerprint density at radius 3 is 2.44 bits per heavy atom. The summed E-state index contributed by atoms with van der Waals surface area (Å²) in [5, 5.41) is 2.59. The molecule has 0 fully saturated rings. The van der Waals surface area contributed by atoms with Gasteiger partial charge in [0.15, 0.2) is 18.1 Å². The summed E-state index contributed by atoms with van der Waals surface area (Å²) in [5.41, 5.74) is 2.33. The second kappa shape index (κ2) is 9.21. The molecule has 0 saturated heterocycles. The lowest BCUT2D eigenvalue weighted by atomic mass is 10.0. The first-order valence-corrected chi connectivity index (χ1v) is 8.46. The zero-order valence-corrected chi connectivity index (χ0v) is 15.7. The van der Waals surface area contributed by atoms with Crippen LogP contribution in [-0.2, 0) is 4.79 Å². The maximum absolute atomic E-state index is 12.5. The Morgan fingerprint density at radius 1 is 1.07 bits per heavy atom. The van der Waals surface area contributed by atoms with E-state index in [4.69, 9.17) is 9.47 Å². The highest BCUT2D eigenvalue weighted by atomic mass is 19.3. The average Bonchev–Trinajstić information content (AvgIpc) is 2.60. The fourth-order valence-corrected chi connectivity index (χ4v) is 2.41. The van der Waals surface area contributed by atoms with Gasteiger partial charge in [0.25, 0.3) is 5.91 Å². The van der Waals surface area contributed by atoms with Gasteiger partial charge in [-0.05, 0) is 42.2 Å². The Bertz CT molecular complexity index is 794. The molecule has 0 atom stereocenters. The second-order valence-corrected chi connectivity index (χ2v) is 6.26. The average molecular weight is 379 g/mol. The van der Waals surface area contributed by atoms with E-state index in [-0.39, 0.29) is 18.1 Å². The van der Waals surface area contributed by atoms with Crippen molar-refractivity contribution in [1.82, 2.24) is 0 Å². The molecule has 2 aromatic carbocycles. The molecular formula is C20H23F2NO4. The highest BCUT2D eigenvalue weighted by Crippen LogP contribution is 2.31. The fourth-order valence-electron chi connectivity index (χ4n) is 2.41. The Morgan fingerprint density at radius 2 is 1.81 bits per heavy atom. The van der Waals surface area contributed by atoms with E-state index >= 15 is 0 Å². The molecule has 0 aromatic heterocycles. The number of aryl methyl sites for hydroxylation is 1. The number of rotatable bonds is 8. The summed E-state index contributed by atoms with van der Waals surface area (Å²) in [6.45, 7) is 2.84. The van der Waals surface area contributed by atoms with Crippen molar-refractivity contribution < 1.29 is 27.8 Å². The predicted octanol–water partition coefficient (Wildman–Crippen LogP) is 4.75. The van der Waals surface area contributed by atoms with Crippen LogP contribution in [0.4, 0.5) is 14.5 Å². The maximum atomic E-state index is 12.5. The number of methoxy groups -OCH3 is 1. The summed E-state index contributed by atoms with van der Waals surface area (Å²) in [7, 11) is 1.34. The molecule has 0 radical (unpaired) electrons. The number of alkyl halides is 2. The van der Waals surface area contributed by atoms with E-state index in [1.54, 1.807) is 0 Å². The minimum Gasteiger partial charge on any atom is -0.493 e. The van der Waals surface area contributed by atoms with Gasteiger partial charge in [0, 0.05) is 11.8 Å². The van der Waals surface area contributed by atoms with Crippen molar-refractivity contribution in [3.8, 4) is 17.2 Å². The van der Waals surface area contributed by atoms with E-state index in [0.717, 1.165) is 11.1 Å². The van der Waals surface area contributed by atoms with Crippen molar-refractivity contribution >= 4 is 11.6 Å². The van der Waals surface area contributed by atoms with Gasteiger partial charge < -0.3 is 19.5 Å². The first-order chi connectivity index (χ1) is 12.8. The van der Waals surface area contributed by atoms with Gasteiger partial charge >= 0.3 is 6.61 Å². The van der Waals surface area contributed by atoms with Gasteiger partial charge in [0.2, 0.25) is 0 Å². The third-order valence-corrected chi connectivity index (χ3v) is 3.90. The zero-order chi connectivity index (χ0) is 20.0. The van der Waals surface area contributed by atoms with Crippen LogP contribution >= 0.6 is 0 Å². The molecule has 0 bridgehead atoms. The SMILES string of the molecule is COc1ccc(NC(=O)COc2cc(C(C)C)ccc2C)cc1OC(F)F. The molecule has 2 rings (SSSR count). The summed E-state index contributed by atoms with van der Waals surface area (Å²) in [6, 6.07) is 10.1. The van der Waals surface area contributed by atoms with Gasteiger partial charge in [0.05, 0.1) is 7.11 Å². The summed E-state index contributed by atoms with van der Waals surface area (Å²) in [4.78, 5) is 12.1. The van der Waals surface area contributed by atoms with Gasteiger partial charge in [-0.3, -0.25) is 4.79 Å². The lowest BCUT2D eigenvalue weighted by Crippen LogP contribution is -2.20. The van der Waals surface area contributed by atoms with Crippen molar-refractivity contribution in [2.75, 3.05) is 19.0 Å². The second-order valence-electron chi connectivity index (χ2n) is 6.26. The van der Waals surface area contributed by atoms with E-state index in [2.05, 4.69) is 23.9 Å². The number of hydrogen-bond donors (Lipinski definition) is 1. The van der Waals surface area contributed by atoms with Gasteiger partial charge in [-0.2, -0.15) is 8.78 Å². The standard InChI is InChI=1S/C20H23F2NO4/c1-12(2)14-6-5-13(3)17(9-14)26-11-19(24)23-15-7-8-16(25-4)18(10-15)27-20(21)22/h5-10,12,20H,11H2,1-4H3,(H,23,24). The maximum Gasteiger partial charge on any atom is 0.387 e. The van der Waals surface area contributed by atoms with Crippen LogP contribution in [-0.4, -0.2) is 26.2 Å². The number of halogens is 2. The highest BCUT2D eigenvalue weighted by molar-refractivity contribution is 5.92.